The highest BCUT2D eigenvalue weighted by Crippen LogP contribution is 1.88. The van der Waals surface area contributed by atoms with Crippen LogP contribution >= 0.6 is 16.1 Å². The van der Waals surface area contributed by atoms with Gasteiger partial charge in [0.15, 0.2) is 0 Å². The molecule has 1 heterocycles. The molecule has 0 atom stereocenters. The van der Waals surface area contributed by atoms with Crippen LogP contribution in [0, 0.1) is 6.92 Å². The second-order valence-electron chi connectivity index (χ2n) is 1.23. The highest BCUT2D eigenvalue weighted by atomic mass is 79.9. The van der Waals surface area contributed by atoms with Crippen LogP contribution in [0.15, 0.2) is 6.20 Å². The number of hydrogen-bond acceptors (Lipinski definition) is 2. The Hall–Kier alpha value is -0.380. The molecule has 0 spiro atoms. The van der Waals surface area contributed by atoms with Crippen molar-refractivity contribution in [1.82, 2.24) is 14.0 Å². The maximum absolute atomic E-state index is 3.83. The van der Waals surface area contributed by atoms with Crippen LogP contribution in [0.5, 0.6) is 0 Å². The van der Waals surface area contributed by atoms with E-state index in [9.17, 15) is 0 Å². The van der Waals surface area contributed by atoms with E-state index in [1.165, 1.54) is 3.82 Å². The molecule has 1 rings (SSSR count). The zero-order valence-electron chi connectivity index (χ0n) is 3.80. The van der Waals surface area contributed by atoms with Crippen LogP contribution in [0.3, 0.4) is 0 Å². The fraction of sp³-hybridized carbons (Fsp3) is 0.333. The van der Waals surface area contributed by atoms with Gasteiger partial charge < -0.3 is 0 Å². The lowest BCUT2D eigenvalue weighted by atomic mass is 10.6. The van der Waals surface area contributed by atoms with E-state index in [2.05, 4.69) is 26.3 Å². The number of rotatable bonds is 0. The summed E-state index contributed by atoms with van der Waals surface area (Å²) in [6, 6.07) is 0. The lowest BCUT2D eigenvalue weighted by molar-refractivity contribution is 0.874. The van der Waals surface area contributed by atoms with Crippen molar-refractivity contribution in [2.24, 2.45) is 0 Å². The summed E-state index contributed by atoms with van der Waals surface area (Å²) < 4.78 is 1.35. The largest absolute Gasteiger partial charge is 0.150 e. The summed E-state index contributed by atoms with van der Waals surface area (Å²) in [7, 11) is 0. The summed E-state index contributed by atoms with van der Waals surface area (Å²) in [6.07, 6.45) is 1.68. The standard InChI is InChI=1S/C3H4BrN3/c1-3-2-5-7(4)6-3/h2H,1H3. The second kappa shape index (κ2) is 1.61. The van der Waals surface area contributed by atoms with Crippen molar-refractivity contribution in [3.05, 3.63) is 11.9 Å². The maximum Gasteiger partial charge on any atom is 0.0995 e. The molecule has 0 amide bonds. The molecule has 0 saturated heterocycles. The van der Waals surface area contributed by atoms with Gasteiger partial charge in [-0.3, -0.25) is 0 Å². The van der Waals surface area contributed by atoms with Crippen LogP contribution < -0.4 is 0 Å². The Labute approximate surface area is 49.7 Å². The number of hydrogen-bond donors (Lipinski definition) is 0. The molecule has 7 heavy (non-hydrogen) atoms. The van der Waals surface area contributed by atoms with Crippen LogP contribution in [0.4, 0.5) is 0 Å². The van der Waals surface area contributed by atoms with Gasteiger partial charge >= 0.3 is 0 Å². The van der Waals surface area contributed by atoms with Crippen molar-refractivity contribution in [3.63, 3.8) is 0 Å². The summed E-state index contributed by atoms with van der Waals surface area (Å²) in [5.41, 5.74) is 0.914. The predicted octanol–water partition coefficient (Wildman–Crippen LogP) is 0.745. The summed E-state index contributed by atoms with van der Waals surface area (Å²) in [5, 5.41) is 7.57. The van der Waals surface area contributed by atoms with Crippen LogP contribution in [0.25, 0.3) is 0 Å². The lowest BCUT2D eigenvalue weighted by Crippen LogP contribution is -1.81. The minimum absolute atomic E-state index is 0.914. The van der Waals surface area contributed by atoms with Crippen LogP contribution in [0.1, 0.15) is 5.69 Å². The maximum atomic E-state index is 3.83. The number of aryl methyl sites for hydroxylation is 1. The normalized spacial score (nSPS) is 9.43. The minimum atomic E-state index is 0.914. The quantitative estimate of drug-likeness (QED) is 0.563. The molecule has 0 unspecified atom stereocenters. The summed E-state index contributed by atoms with van der Waals surface area (Å²) in [6.45, 7) is 1.88. The second-order valence-corrected chi connectivity index (χ2v) is 1.86. The van der Waals surface area contributed by atoms with Crippen LogP contribution in [0.2, 0.25) is 0 Å². The molecule has 0 bridgehead atoms. The molecule has 0 radical (unpaired) electrons. The third-order valence-electron chi connectivity index (χ3n) is 0.580. The lowest BCUT2D eigenvalue weighted by Gasteiger charge is -1.73. The van der Waals surface area contributed by atoms with Gasteiger partial charge in [0.05, 0.1) is 28.0 Å². The van der Waals surface area contributed by atoms with Crippen LogP contribution in [-0.4, -0.2) is 14.0 Å². The van der Waals surface area contributed by atoms with Crippen molar-refractivity contribution in [2.75, 3.05) is 0 Å². The summed E-state index contributed by atoms with van der Waals surface area (Å²) in [4.78, 5) is 0. The molecule has 1 aromatic rings. The molecule has 0 aliphatic rings. The Bertz CT molecular complexity index is 142. The summed E-state index contributed by atoms with van der Waals surface area (Å²) in [5.74, 6) is 0. The Balaban J connectivity index is 3.04. The van der Waals surface area contributed by atoms with Gasteiger partial charge in [-0.2, -0.15) is 5.10 Å². The van der Waals surface area contributed by atoms with Gasteiger partial charge in [0.25, 0.3) is 0 Å². The summed E-state index contributed by atoms with van der Waals surface area (Å²) >= 11 is 3.03. The Morgan fingerprint density at radius 1 is 1.86 bits per heavy atom. The average molecular weight is 162 g/mol. The van der Waals surface area contributed by atoms with E-state index in [1.54, 1.807) is 6.20 Å². The molecule has 38 valence electrons. The average Bonchev–Trinajstić information content (AvgIpc) is 1.87. The van der Waals surface area contributed by atoms with Gasteiger partial charge in [0.1, 0.15) is 0 Å². The van der Waals surface area contributed by atoms with Gasteiger partial charge in [-0.25, -0.2) is 0 Å². The topological polar surface area (TPSA) is 30.7 Å². The Morgan fingerprint density at radius 2 is 2.57 bits per heavy atom. The molecule has 0 saturated carbocycles. The van der Waals surface area contributed by atoms with E-state index in [1.807, 2.05) is 6.92 Å². The molecule has 0 aliphatic heterocycles. The first-order valence-corrected chi connectivity index (χ1v) is 2.55. The predicted molar refractivity (Wildman–Crippen MR) is 29.1 cm³/mol. The first-order chi connectivity index (χ1) is 3.29. The minimum Gasteiger partial charge on any atom is -0.150 e. The molecule has 3 nitrogen and oxygen atoms in total. The SMILES string of the molecule is Cc1cnn(Br)n1. The van der Waals surface area contributed by atoms with Crippen molar-refractivity contribution in [3.8, 4) is 0 Å². The third-order valence-corrected chi connectivity index (χ3v) is 0.922. The molecular formula is C3H4BrN3. The first-order valence-electron chi connectivity index (χ1n) is 1.84. The molecule has 0 aromatic carbocycles. The molecular weight excluding hydrogens is 158 g/mol. The van der Waals surface area contributed by atoms with E-state index in [4.69, 9.17) is 0 Å². The third kappa shape index (κ3) is 0.991. The fourth-order valence-corrected chi connectivity index (χ4v) is 0.655. The van der Waals surface area contributed by atoms with Gasteiger partial charge in [0, 0.05) is 0 Å². The Morgan fingerprint density at radius 3 is 2.71 bits per heavy atom. The molecule has 0 aliphatic carbocycles. The zero-order chi connectivity index (χ0) is 5.28. The van der Waals surface area contributed by atoms with E-state index in [0.29, 0.717) is 0 Å². The van der Waals surface area contributed by atoms with E-state index in [-0.39, 0.29) is 0 Å². The van der Waals surface area contributed by atoms with E-state index < -0.39 is 0 Å². The molecule has 0 fully saturated rings. The van der Waals surface area contributed by atoms with Crippen molar-refractivity contribution < 1.29 is 0 Å². The molecule has 0 N–H and O–H groups in total. The van der Waals surface area contributed by atoms with Crippen LogP contribution in [-0.2, 0) is 0 Å². The van der Waals surface area contributed by atoms with Gasteiger partial charge in [0.2, 0.25) is 0 Å². The first kappa shape index (κ1) is 4.77. The molecule has 4 heteroatoms. The smallest absolute Gasteiger partial charge is 0.0995 e. The number of nitrogens with zero attached hydrogens (tertiary/aromatic N) is 3. The van der Waals surface area contributed by atoms with Crippen molar-refractivity contribution >= 4 is 16.1 Å². The zero-order valence-corrected chi connectivity index (χ0v) is 5.38. The van der Waals surface area contributed by atoms with Gasteiger partial charge in [-0.1, -0.05) is 0 Å². The van der Waals surface area contributed by atoms with Crippen molar-refractivity contribution in [2.45, 2.75) is 6.92 Å². The van der Waals surface area contributed by atoms with Crippen molar-refractivity contribution in [1.29, 1.82) is 0 Å². The number of halogens is 1. The fourth-order valence-electron chi connectivity index (χ4n) is 0.313. The van der Waals surface area contributed by atoms with E-state index in [0.717, 1.165) is 5.69 Å². The highest BCUT2D eigenvalue weighted by Gasteiger charge is 1.85. The number of aromatic nitrogens is 3. The molecule has 1 aromatic heterocycles. The monoisotopic (exact) mass is 161 g/mol. The van der Waals surface area contributed by atoms with Gasteiger partial charge in [-0.05, 0) is 6.92 Å². The van der Waals surface area contributed by atoms with Gasteiger partial charge in [-0.15, -0.1) is 8.92 Å². The van der Waals surface area contributed by atoms with E-state index >= 15 is 0 Å². The Kier molecular flexibility index (Phi) is 1.10. The highest BCUT2D eigenvalue weighted by molar-refractivity contribution is 9.08.